The van der Waals surface area contributed by atoms with E-state index in [1.54, 1.807) is 12.1 Å². The van der Waals surface area contributed by atoms with E-state index in [0.717, 1.165) is 5.56 Å². The van der Waals surface area contributed by atoms with E-state index in [2.05, 4.69) is 5.32 Å². The molecule has 1 aromatic carbocycles. The Labute approximate surface area is 108 Å². The van der Waals surface area contributed by atoms with Crippen LogP contribution in [0.5, 0.6) is 0 Å². The van der Waals surface area contributed by atoms with Gasteiger partial charge in [-0.15, -0.1) is 0 Å². The van der Waals surface area contributed by atoms with Gasteiger partial charge in [0, 0.05) is 5.56 Å². The Bertz CT molecular complexity index is 441. The quantitative estimate of drug-likeness (QED) is 0.691. The zero-order valence-electron chi connectivity index (χ0n) is 11.0. The van der Waals surface area contributed by atoms with Gasteiger partial charge in [-0.3, -0.25) is 10.2 Å². The van der Waals surface area contributed by atoms with Crippen molar-refractivity contribution < 1.29 is 9.90 Å². The Kier molecular flexibility index (Phi) is 5.04. The van der Waals surface area contributed by atoms with E-state index in [1.807, 2.05) is 32.9 Å². The number of aryl methyl sites for hydroxylation is 1. The van der Waals surface area contributed by atoms with Crippen molar-refractivity contribution in [1.29, 1.82) is 5.41 Å². The highest BCUT2D eigenvalue weighted by molar-refractivity contribution is 6.44. The molecule has 0 aliphatic carbocycles. The fourth-order valence-corrected chi connectivity index (χ4v) is 1.64. The second-order valence-electron chi connectivity index (χ2n) is 4.70. The minimum absolute atomic E-state index is 0.0628. The maximum Gasteiger partial charge on any atom is 0.270 e. The van der Waals surface area contributed by atoms with E-state index in [4.69, 9.17) is 10.5 Å². The maximum absolute atomic E-state index is 11.9. The molecule has 0 fully saturated rings. The number of aliphatic hydroxyl groups excluding tert-OH is 1. The van der Waals surface area contributed by atoms with E-state index < -0.39 is 5.91 Å². The van der Waals surface area contributed by atoms with Crippen LogP contribution in [0.1, 0.15) is 25.0 Å². The largest absolute Gasteiger partial charge is 0.394 e. The van der Waals surface area contributed by atoms with Gasteiger partial charge < -0.3 is 10.4 Å². The molecule has 1 aromatic rings. The molecule has 1 unspecified atom stereocenters. The van der Waals surface area contributed by atoms with Crippen LogP contribution >= 0.6 is 0 Å². The molecule has 18 heavy (non-hydrogen) atoms. The van der Waals surface area contributed by atoms with Gasteiger partial charge in [-0.1, -0.05) is 38.1 Å². The standard InChI is InChI=1S/C14H20N2O2/c1-9(2)12(8-17)16-14(18)13(15)11-7-5-4-6-10(11)3/h4-7,9,12,15,17H,8H2,1-3H3,(H,16,18). The molecule has 1 atom stereocenters. The van der Waals surface area contributed by atoms with E-state index in [9.17, 15) is 4.79 Å². The van der Waals surface area contributed by atoms with Gasteiger partial charge in [-0.2, -0.15) is 0 Å². The van der Waals surface area contributed by atoms with Gasteiger partial charge in [0.05, 0.1) is 12.6 Å². The lowest BCUT2D eigenvalue weighted by Crippen LogP contribution is -2.44. The highest BCUT2D eigenvalue weighted by Gasteiger charge is 2.19. The first-order chi connectivity index (χ1) is 8.47. The Hall–Kier alpha value is -1.68. The first kappa shape index (κ1) is 14.4. The summed E-state index contributed by atoms with van der Waals surface area (Å²) in [5.74, 6) is -0.319. The summed E-state index contributed by atoms with van der Waals surface area (Å²) in [6, 6.07) is 6.97. The normalized spacial score (nSPS) is 12.3. The van der Waals surface area contributed by atoms with Gasteiger partial charge in [0.25, 0.3) is 5.91 Å². The molecule has 0 aliphatic rings. The van der Waals surface area contributed by atoms with Gasteiger partial charge in [-0.05, 0) is 18.4 Å². The second kappa shape index (κ2) is 6.31. The highest BCUT2D eigenvalue weighted by Crippen LogP contribution is 2.08. The molecule has 0 heterocycles. The number of hydrogen-bond donors (Lipinski definition) is 3. The van der Waals surface area contributed by atoms with Crippen molar-refractivity contribution in [1.82, 2.24) is 5.32 Å². The smallest absolute Gasteiger partial charge is 0.270 e. The Morgan fingerprint density at radius 1 is 1.39 bits per heavy atom. The van der Waals surface area contributed by atoms with Gasteiger partial charge >= 0.3 is 0 Å². The number of nitrogens with one attached hydrogen (secondary N) is 2. The molecule has 0 spiro atoms. The van der Waals surface area contributed by atoms with E-state index in [1.165, 1.54) is 0 Å². The summed E-state index contributed by atoms with van der Waals surface area (Å²) in [5.41, 5.74) is 1.45. The third-order valence-electron chi connectivity index (χ3n) is 2.96. The van der Waals surface area contributed by atoms with Crippen molar-refractivity contribution in [2.45, 2.75) is 26.8 Å². The van der Waals surface area contributed by atoms with Crippen LogP contribution in [0.15, 0.2) is 24.3 Å². The summed E-state index contributed by atoms with van der Waals surface area (Å²) < 4.78 is 0. The Morgan fingerprint density at radius 2 is 2.00 bits per heavy atom. The van der Waals surface area contributed by atoms with Gasteiger partial charge in [0.2, 0.25) is 0 Å². The molecule has 0 bridgehead atoms. The monoisotopic (exact) mass is 248 g/mol. The zero-order chi connectivity index (χ0) is 13.7. The number of carbonyl (C=O) groups is 1. The summed E-state index contributed by atoms with van der Waals surface area (Å²) in [6.07, 6.45) is 0. The molecule has 0 saturated carbocycles. The molecule has 0 aliphatic heterocycles. The number of hydrogen-bond acceptors (Lipinski definition) is 3. The van der Waals surface area contributed by atoms with E-state index in [-0.39, 0.29) is 24.3 Å². The zero-order valence-corrected chi connectivity index (χ0v) is 11.0. The van der Waals surface area contributed by atoms with Crippen molar-refractivity contribution in [3.63, 3.8) is 0 Å². The molecular formula is C14H20N2O2. The van der Waals surface area contributed by atoms with Crippen LogP contribution in [0.4, 0.5) is 0 Å². The van der Waals surface area contributed by atoms with E-state index in [0.29, 0.717) is 5.56 Å². The fourth-order valence-electron chi connectivity index (χ4n) is 1.64. The lowest BCUT2D eigenvalue weighted by atomic mass is 10.0. The van der Waals surface area contributed by atoms with Gasteiger partial charge in [0.1, 0.15) is 5.71 Å². The first-order valence-corrected chi connectivity index (χ1v) is 6.03. The summed E-state index contributed by atoms with van der Waals surface area (Å²) in [6.45, 7) is 5.57. The summed E-state index contributed by atoms with van der Waals surface area (Å²) in [7, 11) is 0. The van der Waals surface area contributed by atoms with Crippen molar-refractivity contribution in [2.24, 2.45) is 5.92 Å². The Balaban J connectivity index is 2.79. The average molecular weight is 248 g/mol. The number of carbonyl (C=O) groups excluding carboxylic acids is 1. The molecule has 1 rings (SSSR count). The molecule has 98 valence electrons. The third kappa shape index (κ3) is 3.40. The SMILES string of the molecule is Cc1ccccc1C(=N)C(=O)NC(CO)C(C)C. The van der Waals surface area contributed by atoms with Crippen LogP contribution in [0.2, 0.25) is 0 Å². The minimum Gasteiger partial charge on any atom is -0.394 e. The lowest BCUT2D eigenvalue weighted by Gasteiger charge is -2.20. The number of benzene rings is 1. The van der Waals surface area contributed by atoms with Gasteiger partial charge in [-0.25, -0.2) is 0 Å². The van der Waals surface area contributed by atoms with Crippen LogP contribution in [-0.4, -0.2) is 29.4 Å². The molecule has 0 aromatic heterocycles. The van der Waals surface area contributed by atoms with Crippen LogP contribution in [0.25, 0.3) is 0 Å². The number of amides is 1. The van der Waals surface area contributed by atoms with Crippen molar-refractivity contribution in [2.75, 3.05) is 6.61 Å². The van der Waals surface area contributed by atoms with E-state index >= 15 is 0 Å². The summed E-state index contributed by atoms with van der Waals surface area (Å²) in [4.78, 5) is 11.9. The second-order valence-corrected chi connectivity index (χ2v) is 4.70. The topological polar surface area (TPSA) is 73.2 Å². The summed E-state index contributed by atoms with van der Waals surface area (Å²) >= 11 is 0. The van der Waals surface area contributed by atoms with Crippen molar-refractivity contribution in [3.8, 4) is 0 Å². The predicted octanol–water partition coefficient (Wildman–Crippen LogP) is 1.50. The van der Waals surface area contributed by atoms with Crippen LogP contribution < -0.4 is 5.32 Å². The molecule has 0 saturated heterocycles. The van der Waals surface area contributed by atoms with Crippen LogP contribution in [0.3, 0.4) is 0 Å². The van der Waals surface area contributed by atoms with Gasteiger partial charge in [0.15, 0.2) is 0 Å². The average Bonchev–Trinajstić information content (AvgIpc) is 2.35. The highest BCUT2D eigenvalue weighted by atomic mass is 16.3. The predicted molar refractivity (Wildman–Crippen MR) is 71.9 cm³/mol. The molecule has 0 radical (unpaired) electrons. The van der Waals surface area contributed by atoms with Crippen LogP contribution in [-0.2, 0) is 4.79 Å². The Morgan fingerprint density at radius 3 is 2.50 bits per heavy atom. The molecule has 4 nitrogen and oxygen atoms in total. The summed E-state index contributed by atoms with van der Waals surface area (Å²) in [5, 5.41) is 19.7. The maximum atomic E-state index is 11.9. The third-order valence-corrected chi connectivity index (χ3v) is 2.96. The molecule has 1 amide bonds. The number of aliphatic hydroxyl groups is 1. The molecule has 4 heteroatoms. The molecule has 3 N–H and O–H groups in total. The van der Waals surface area contributed by atoms with Crippen molar-refractivity contribution >= 4 is 11.6 Å². The first-order valence-electron chi connectivity index (χ1n) is 6.03. The minimum atomic E-state index is -0.447. The number of rotatable bonds is 5. The lowest BCUT2D eigenvalue weighted by molar-refractivity contribution is -0.116. The van der Waals surface area contributed by atoms with Crippen molar-refractivity contribution in [3.05, 3.63) is 35.4 Å². The van der Waals surface area contributed by atoms with Crippen LogP contribution in [0, 0.1) is 18.3 Å². The fraction of sp³-hybridized carbons (Fsp3) is 0.429. The molecular weight excluding hydrogens is 228 g/mol.